The van der Waals surface area contributed by atoms with Gasteiger partial charge in [0, 0.05) is 34.9 Å². The number of carboxylic acid groups (broad SMARTS) is 1. The van der Waals surface area contributed by atoms with Crippen molar-refractivity contribution in [3.05, 3.63) is 59.4 Å². The fourth-order valence-electron chi connectivity index (χ4n) is 3.08. The molecular formula is C17H14N3O2-. The summed E-state index contributed by atoms with van der Waals surface area (Å²) in [7, 11) is 0. The summed E-state index contributed by atoms with van der Waals surface area (Å²) in [5.41, 5.74) is 3.85. The van der Waals surface area contributed by atoms with Crippen LogP contribution in [0, 0.1) is 0 Å². The Morgan fingerprint density at radius 2 is 2.09 bits per heavy atom. The number of H-pyrrole nitrogens is 1. The van der Waals surface area contributed by atoms with Gasteiger partial charge in [-0.25, -0.2) is 4.98 Å². The van der Waals surface area contributed by atoms with Crippen molar-refractivity contribution in [2.75, 3.05) is 11.4 Å². The summed E-state index contributed by atoms with van der Waals surface area (Å²) in [6.07, 6.45) is 2.30. The molecule has 0 bridgehead atoms. The van der Waals surface area contributed by atoms with Crippen LogP contribution in [0.15, 0.2) is 42.6 Å². The predicted molar refractivity (Wildman–Crippen MR) is 81.6 cm³/mol. The fraction of sp³-hybridized carbons (Fsp3) is 0.176. The van der Waals surface area contributed by atoms with Crippen LogP contribution in [0.2, 0.25) is 0 Å². The van der Waals surface area contributed by atoms with E-state index < -0.39 is 5.97 Å². The molecule has 3 aromatic rings. The third-order valence-corrected chi connectivity index (χ3v) is 4.19. The Kier molecular flexibility index (Phi) is 2.85. The van der Waals surface area contributed by atoms with E-state index in [1.165, 1.54) is 22.8 Å². The zero-order valence-electron chi connectivity index (χ0n) is 11.9. The van der Waals surface area contributed by atoms with Gasteiger partial charge in [0.05, 0.1) is 12.5 Å². The molecule has 5 nitrogen and oxygen atoms in total. The molecule has 0 saturated heterocycles. The molecule has 0 saturated carbocycles. The van der Waals surface area contributed by atoms with Crippen LogP contribution in [0.4, 0.5) is 5.82 Å². The molecule has 1 aromatic carbocycles. The first-order valence-corrected chi connectivity index (χ1v) is 7.23. The zero-order valence-corrected chi connectivity index (χ0v) is 11.9. The van der Waals surface area contributed by atoms with Gasteiger partial charge < -0.3 is 19.8 Å². The first-order chi connectivity index (χ1) is 10.7. The van der Waals surface area contributed by atoms with Crippen LogP contribution in [0.3, 0.4) is 0 Å². The molecule has 0 spiro atoms. The van der Waals surface area contributed by atoms with E-state index in [9.17, 15) is 9.90 Å². The van der Waals surface area contributed by atoms with Crippen molar-refractivity contribution in [1.82, 2.24) is 9.97 Å². The predicted octanol–water partition coefficient (Wildman–Crippen LogP) is 1.49. The second-order valence-corrected chi connectivity index (χ2v) is 5.49. The van der Waals surface area contributed by atoms with Crippen LogP contribution < -0.4 is 10.0 Å². The van der Waals surface area contributed by atoms with Gasteiger partial charge in [0.15, 0.2) is 0 Å². The van der Waals surface area contributed by atoms with Gasteiger partial charge in [-0.15, -0.1) is 0 Å². The molecule has 4 rings (SSSR count). The zero-order chi connectivity index (χ0) is 15.1. The van der Waals surface area contributed by atoms with Gasteiger partial charge >= 0.3 is 0 Å². The average molecular weight is 292 g/mol. The van der Waals surface area contributed by atoms with E-state index in [0.29, 0.717) is 0 Å². The summed E-state index contributed by atoms with van der Waals surface area (Å²) in [6.45, 7) is 1.62. The number of anilines is 1. The standard InChI is InChI=1S/C17H15N3O2/c21-17(22)11-5-6-16(18-9-11)20-8-7-13-12-3-1-2-4-14(12)19-15(13)10-20/h1-6,9,19H,7-8,10H2,(H,21,22)/p-1. The molecule has 0 atom stereocenters. The summed E-state index contributed by atoms with van der Waals surface area (Å²) in [5.74, 6) is -0.412. The van der Waals surface area contributed by atoms with Crippen LogP contribution >= 0.6 is 0 Å². The maximum Gasteiger partial charge on any atom is 0.128 e. The van der Waals surface area contributed by atoms with Crippen molar-refractivity contribution in [3.63, 3.8) is 0 Å². The van der Waals surface area contributed by atoms with Gasteiger partial charge in [-0.1, -0.05) is 18.2 Å². The van der Waals surface area contributed by atoms with E-state index in [4.69, 9.17) is 0 Å². The van der Waals surface area contributed by atoms with Crippen molar-refractivity contribution >= 4 is 22.7 Å². The Labute approximate surface area is 127 Å². The Balaban J connectivity index is 1.65. The van der Waals surface area contributed by atoms with Crippen LogP contribution in [0.25, 0.3) is 10.9 Å². The second-order valence-electron chi connectivity index (χ2n) is 5.49. The number of carbonyl (C=O) groups excluding carboxylic acids is 1. The molecule has 0 fully saturated rings. The minimum absolute atomic E-state index is 0.104. The molecular weight excluding hydrogens is 278 g/mol. The van der Waals surface area contributed by atoms with Crippen LogP contribution in [0.5, 0.6) is 0 Å². The van der Waals surface area contributed by atoms with Gasteiger partial charge in [-0.3, -0.25) is 0 Å². The number of hydrogen-bond acceptors (Lipinski definition) is 4. The molecule has 0 unspecified atom stereocenters. The highest BCUT2D eigenvalue weighted by Gasteiger charge is 2.21. The number of hydrogen-bond donors (Lipinski definition) is 1. The number of aromatic nitrogens is 2. The molecule has 3 heterocycles. The van der Waals surface area contributed by atoms with Gasteiger partial charge in [0.2, 0.25) is 0 Å². The number of para-hydroxylation sites is 1. The molecule has 5 heteroatoms. The lowest BCUT2D eigenvalue weighted by atomic mass is 10.0. The van der Waals surface area contributed by atoms with E-state index in [0.717, 1.165) is 30.8 Å². The van der Waals surface area contributed by atoms with E-state index in [2.05, 4.69) is 33.1 Å². The maximum absolute atomic E-state index is 10.8. The van der Waals surface area contributed by atoms with E-state index >= 15 is 0 Å². The number of nitrogens with zero attached hydrogens (tertiary/aromatic N) is 2. The lowest BCUT2D eigenvalue weighted by Gasteiger charge is -2.28. The lowest BCUT2D eigenvalue weighted by molar-refractivity contribution is -0.255. The topological polar surface area (TPSA) is 72.0 Å². The van der Waals surface area contributed by atoms with E-state index in [-0.39, 0.29) is 5.56 Å². The number of rotatable bonds is 2. The number of benzene rings is 1. The summed E-state index contributed by atoms with van der Waals surface area (Å²) >= 11 is 0. The van der Waals surface area contributed by atoms with Crippen molar-refractivity contribution < 1.29 is 9.90 Å². The molecule has 0 radical (unpaired) electrons. The Morgan fingerprint density at radius 1 is 1.23 bits per heavy atom. The fourth-order valence-corrected chi connectivity index (χ4v) is 3.08. The smallest absolute Gasteiger partial charge is 0.128 e. The minimum Gasteiger partial charge on any atom is -0.545 e. The molecule has 0 aliphatic carbocycles. The quantitative estimate of drug-likeness (QED) is 0.776. The van der Waals surface area contributed by atoms with Crippen molar-refractivity contribution in [3.8, 4) is 0 Å². The molecule has 1 N–H and O–H groups in total. The van der Waals surface area contributed by atoms with E-state index in [1.807, 2.05) is 6.07 Å². The largest absolute Gasteiger partial charge is 0.545 e. The molecule has 1 aliphatic heterocycles. The number of fused-ring (bicyclic) bond motifs is 3. The number of carboxylic acids is 1. The summed E-state index contributed by atoms with van der Waals surface area (Å²) in [5, 5.41) is 12.1. The number of nitrogens with one attached hydrogen (secondary N) is 1. The van der Waals surface area contributed by atoms with Crippen LogP contribution in [-0.4, -0.2) is 22.5 Å². The third-order valence-electron chi connectivity index (χ3n) is 4.19. The number of carbonyl (C=O) groups is 1. The monoisotopic (exact) mass is 292 g/mol. The highest BCUT2D eigenvalue weighted by Crippen LogP contribution is 2.29. The highest BCUT2D eigenvalue weighted by molar-refractivity contribution is 5.86. The maximum atomic E-state index is 10.8. The average Bonchev–Trinajstić information content (AvgIpc) is 2.92. The SMILES string of the molecule is O=C([O-])c1ccc(N2CCc3c([nH]c4ccccc34)C2)nc1. The van der Waals surface area contributed by atoms with Gasteiger partial charge in [-0.05, 0) is 30.2 Å². The number of aromatic amines is 1. The van der Waals surface area contributed by atoms with Crippen LogP contribution in [0.1, 0.15) is 21.6 Å². The summed E-state index contributed by atoms with van der Waals surface area (Å²) in [6, 6.07) is 11.6. The summed E-state index contributed by atoms with van der Waals surface area (Å²) in [4.78, 5) is 20.6. The lowest BCUT2D eigenvalue weighted by Crippen LogP contribution is -2.31. The summed E-state index contributed by atoms with van der Waals surface area (Å²) < 4.78 is 0. The Hall–Kier alpha value is -2.82. The third kappa shape index (κ3) is 2.02. The first kappa shape index (κ1) is 12.9. The second kappa shape index (κ2) is 4.87. The molecule has 1 aliphatic rings. The van der Waals surface area contributed by atoms with Crippen molar-refractivity contribution in [2.24, 2.45) is 0 Å². The van der Waals surface area contributed by atoms with Crippen LogP contribution in [-0.2, 0) is 13.0 Å². The highest BCUT2D eigenvalue weighted by atomic mass is 16.4. The normalized spacial score (nSPS) is 14.1. The first-order valence-electron chi connectivity index (χ1n) is 7.23. The van der Waals surface area contributed by atoms with Gasteiger partial charge in [-0.2, -0.15) is 0 Å². The number of pyridine rings is 1. The molecule has 2 aromatic heterocycles. The van der Waals surface area contributed by atoms with Gasteiger partial charge in [0.25, 0.3) is 0 Å². The van der Waals surface area contributed by atoms with Gasteiger partial charge in [0.1, 0.15) is 5.82 Å². The molecule has 110 valence electrons. The molecule has 0 amide bonds. The van der Waals surface area contributed by atoms with E-state index in [1.54, 1.807) is 12.1 Å². The Morgan fingerprint density at radius 3 is 2.86 bits per heavy atom. The van der Waals surface area contributed by atoms with Crippen molar-refractivity contribution in [2.45, 2.75) is 13.0 Å². The number of aromatic carboxylic acids is 1. The Bertz CT molecular complexity index is 852. The molecule has 22 heavy (non-hydrogen) atoms. The minimum atomic E-state index is -1.20. The van der Waals surface area contributed by atoms with Crippen molar-refractivity contribution in [1.29, 1.82) is 0 Å².